The summed E-state index contributed by atoms with van der Waals surface area (Å²) < 4.78 is 72.3. The van der Waals surface area contributed by atoms with Gasteiger partial charge in [0.15, 0.2) is 6.10 Å². The molecule has 10 heteroatoms. The first-order valence-corrected chi connectivity index (χ1v) is 4.84. The van der Waals surface area contributed by atoms with Crippen LogP contribution in [0, 0.1) is 0 Å². The van der Waals surface area contributed by atoms with Gasteiger partial charge in [-0.05, 0) is 0 Å². The topological polar surface area (TPSA) is 66.2 Å². The lowest BCUT2D eigenvalue weighted by atomic mass is 10.1. The molecule has 1 aromatic heterocycles. The van der Waals surface area contributed by atoms with E-state index >= 15 is 0 Å². The highest BCUT2D eigenvalue weighted by atomic mass is 19.4. The van der Waals surface area contributed by atoms with Crippen molar-refractivity contribution in [2.45, 2.75) is 31.0 Å². The van der Waals surface area contributed by atoms with Gasteiger partial charge in [0.25, 0.3) is 0 Å². The molecule has 1 rings (SSSR count). The van der Waals surface area contributed by atoms with Crippen molar-refractivity contribution < 1.29 is 36.6 Å². The summed E-state index contributed by atoms with van der Waals surface area (Å²) in [6.07, 6.45) is -14.3. The van der Waals surface area contributed by atoms with Crippen molar-refractivity contribution in [2.75, 3.05) is 0 Å². The number of halogens is 6. The van der Waals surface area contributed by atoms with Gasteiger partial charge in [0.1, 0.15) is 0 Å². The average Bonchev–Trinajstić information content (AvgIpc) is 2.26. The molecule has 1 aromatic rings. The molecule has 2 N–H and O–H groups in total. The molecule has 0 bridgehead atoms. The molecule has 0 aliphatic rings. The number of hydrogen-bond acceptors (Lipinski definition) is 4. The standard InChI is InChI=1S/C9H8F6N2O2/c10-8(11,12)6(19)1-5(18)4-2-16-7(17-3-4)9(13,14)15/h2-3,5-6,18-19H,1H2. The maximum Gasteiger partial charge on any atom is 0.451 e. The van der Waals surface area contributed by atoms with E-state index in [0.29, 0.717) is 12.4 Å². The molecular weight excluding hydrogens is 282 g/mol. The molecule has 0 aromatic carbocycles. The Balaban J connectivity index is 2.76. The highest BCUT2D eigenvalue weighted by molar-refractivity contribution is 5.10. The van der Waals surface area contributed by atoms with Crippen molar-refractivity contribution in [1.82, 2.24) is 9.97 Å². The maximum atomic E-state index is 12.1. The normalized spacial score (nSPS) is 16.2. The van der Waals surface area contributed by atoms with Gasteiger partial charge in [-0.3, -0.25) is 0 Å². The van der Waals surface area contributed by atoms with Crippen LogP contribution in [0.3, 0.4) is 0 Å². The molecule has 0 spiro atoms. The van der Waals surface area contributed by atoms with Crippen LogP contribution in [-0.2, 0) is 6.18 Å². The Morgan fingerprint density at radius 1 is 1.00 bits per heavy atom. The number of hydrogen-bond donors (Lipinski definition) is 2. The molecule has 0 saturated heterocycles. The Bertz CT molecular complexity index is 416. The second kappa shape index (κ2) is 5.29. The van der Waals surface area contributed by atoms with Gasteiger partial charge in [0.2, 0.25) is 5.82 Å². The van der Waals surface area contributed by atoms with Gasteiger partial charge in [0.05, 0.1) is 6.10 Å². The van der Waals surface area contributed by atoms with Gasteiger partial charge in [-0.1, -0.05) is 0 Å². The summed E-state index contributed by atoms with van der Waals surface area (Å²) in [5, 5.41) is 18.0. The quantitative estimate of drug-likeness (QED) is 0.834. The third kappa shape index (κ3) is 4.31. The van der Waals surface area contributed by atoms with Gasteiger partial charge in [-0.15, -0.1) is 0 Å². The molecule has 1 heterocycles. The first-order chi connectivity index (χ1) is 8.51. The molecule has 19 heavy (non-hydrogen) atoms. The number of aromatic nitrogens is 2. The fraction of sp³-hybridized carbons (Fsp3) is 0.556. The Labute approximate surface area is 102 Å². The van der Waals surface area contributed by atoms with E-state index in [1.54, 1.807) is 0 Å². The first kappa shape index (κ1) is 15.6. The van der Waals surface area contributed by atoms with Crippen molar-refractivity contribution in [1.29, 1.82) is 0 Å². The minimum Gasteiger partial charge on any atom is -0.388 e. The number of aliphatic hydroxyl groups excluding tert-OH is 2. The molecule has 0 aliphatic heterocycles. The first-order valence-electron chi connectivity index (χ1n) is 4.84. The van der Waals surface area contributed by atoms with Crippen LogP contribution in [0.2, 0.25) is 0 Å². The number of aliphatic hydroxyl groups is 2. The lowest BCUT2D eigenvalue weighted by Crippen LogP contribution is -2.30. The van der Waals surface area contributed by atoms with Crippen LogP contribution in [0.15, 0.2) is 12.4 Å². The molecule has 2 unspecified atom stereocenters. The van der Waals surface area contributed by atoms with Gasteiger partial charge in [0, 0.05) is 24.4 Å². The smallest absolute Gasteiger partial charge is 0.388 e. The molecule has 2 atom stereocenters. The summed E-state index contributed by atoms with van der Waals surface area (Å²) in [6, 6.07) is 0. The Morgan fingerprint density at radius 2 is 1.47 bits per heavy atom. The predicted molar refractivity (Wildman–Crippen MR) is 48.7 cm³/mol. The van der Waals surface area contributed by atoms with E-state index in [1.165, 1.54) is 0 Å². The van der Waals surface area contributed by atoms with E-state index in [-0.39, 0.29) is 5.56 Å². The average molecular weight is 290 g/mol. The second-order valence-corrected chi connectivity index (χ2v) is 3.65. The van der Waals surface area contributed by atoms with Crippen molar-refractivity contribution >= 4 is 0 Å². The van der Waals surface area contributed by atoms with Crippen molar-refractivity contribution in [3.05, 3.63) is 23.8 Å². The summed E-state index contributed by atoms with van der Waals surface area (Å²) >= 11 is 0. The van der Waals surface area contributed by atoms with Crippen LogP contribution >= 0.6 is 0 Å². The molecule has 0 fully saturated rings. The molecule has 0 radical (unpaired) electrons. The van der Waals surface area contributed by atoms with E-state index in [4.69, 9.17) is 5.11 Å². The van der Waals surface area contributed by atoms with Crippen molar-refractivity contribution in [2.24, 2.45) is 0 Å². The summed E-state index contributed by atoms with van der Waals surface area (Å²) in [5.74, 6) is -1.47. The highest BCUT2D eigenvalue weighted by Crippen LogP contribution is 2.29. The van der Waals surface area contributed by atoms with Crippen molar-refractivity contribution in [3.8, 4) is 0 Å². The summed E-state index contributed by atoms with van der Waals surface area (Å²) in [7, 11) is 0. The third-order valence-corrected chi connectivity index (χ3v) is 2.13. The monoisotopic (exact) mass is 290 g/mol. The minimum atomic E-state index is -4.92. The van der Waals surface area contributed by atoms with Gasteiger partial charge >= 0.3 is 12.4 Å². The molecule has 0 aliphatic carbocycles. The van der Waals surface area contributed by atoms with Crippen LogP contribution in [0.1, 0.15) is 23.9 Å². The van der Waals surface area contributed by atoms with Crippen molar-refractivity contribution in [3.63, 3.8) is 0 Å². The predicted octanol–water partition coefficient (Wildman–Crippen LogP) is 1.84. The summed E-state index contributed by atoms with van der Waals surface area (Å²) in [4.78, 5) is 5.76. The van der Waals surface area contributed by atoms with E-state index < -0.39 is 36.8 Å². The van der Waals surface area contributed by atoms with Gasteiger partial charge in [-0.25, -0.2) is 9.97 Å². The Hall–Kier alpha value is -1.42. The van der Waals surface area contributed by atoms with Gasteiger partial charge in [-0.2, -0.15) is 26.3 Å². The van der Waals surface area contributed by atoms with E-state index in [0.717, 1.165) is 0 Å². The van der Waals surface area contributed by atoms with Crippen LogP contribution in [0.5, 0.6) is 0 Å². The zero-order valence-corrected chi connectivity index (χ0v) is 9.07. The number of nitrogens with zero attached hydrogens (tertiary/aromatic N) is 2. The van der Waals surface area contributed by atoms with E-state index in [9.17, 15) is 31.4 Å². The Morgan fingerprint density at radius 3 is 1.84 bits per heavy atom. The molecule has 108 valence electrons. The molecule has 4 nitrogen and oxygen atoms in total. The van der Waals surface area contributed by atoms with E-state index in [1.807, 2.05) is 0 Å². The number of rotatable bonds is 3. The molecular formula is C9H8F6N2O2. The highest BCUT2D eigenvalue weighted by Gasteiger charge is 2.40. The fourth-order valence-corrected chi connectivity index (χ4v) is 1.14. The third-order valence-electron chi connectivity index (χ3n) is 2.13. The lowest BCUT2D eigenvalue weighted by Gasteiger charge is -2.18. The molecule has 0 amide bonds. The van der Waals surface area contributed by atoms with Gasteiger partial charge < -0.3 is 10.2 Å². The van der Waals surface area contributed by atoms with Crippen LogP contribution in [0.4, 0.5) is 26.3 Å². The largest absolute Gasteiger partial charge is 0.451 e. The van der Waals surface area contributed by atoms with E-state index in [2.05, 4.69) is 9.97 Å². The van der Waals surface area contributed by atoms with Crippen LogP contribution in [-0.4, -0.2) is 32.5 Å². The minimum absolute atomic E-state index is 0.351. The molecule has 0 saturated carbocycles. The zero-order valence-electron chi connectivity index (χ0n) is 9.07. The maximum absolute atomic E-state index is 12.1. The fourth-order valence-electron chi connectivity index (χ4n) is 1.14. The Kier molecular flexibility index (Phi) is 4.35. The van der Waals surface area contributed by atoms with Crippen LogP contribution in [0.25, 0.3) is 0 Å². The number of alkyl halides is 6. The summed E-state index contributed by atoms with van der Waals surface area (Å²) in [6.45, 7) is 0. The lowest BCUT2D eigenvalue weighted by molar-refractivity contribution is -0.211. The second-order valence-electron chi connectivity index (χ2n) is 3.65. The summed E-state index contributed by atoms with van der Waals surface area (Å²) in [5.41, 5.74) is -0.351. The SMILES string of the molecule is OC(CC(O)C(F)(F)F)c1cnc(C(F)(F)F)nc1. The zero-order chi connectivity index (χ0) is 14.8. The van der Waals surface area contributed by atoms with Crippen LogP contribution < -0.4 is 0 Å².